The summed E-state index contributed by atoms with van der Waals surface area (Å²) in [6, 6.07) is 80.8. The van der Waals surface area contributed by atoms with Gasteiger partial charge in [0.05, 0.1) is 11.1 Å². The molecule has 0 saturated carbocycles. The van der Waals surface area contributed by atoms with Gasteiger partial charge in [0.15, 0.2) is 23.0 Å². The molecule has 1 unspecified atom stereocenters. The van der Waals surface area contributed by atoms with E-state index in [0.717, 1.165) is 62.0 Å². The highest BCUT2D eigenvalue weighted by Crippen LogP contribution is 2.66. The monoisotopic (exact) mass is 819 g/mol. The van der Waals surface area contributed by atoms with Crippen molar-refractivity contribution >= 4 is 17.1 Å². The lowest BCUT2D eigenvalue weighted by Crippen LogP contribution is -2.34. The molecule has 0 bridgehead atoms. The second-order valence-corrected chi connectivity index (χ2v) is 17.2. The van der Waals surface area contributed by atoms with Gasteiger partial charge in [-0.1, -0.05) is 182 Å². The first-order chi connectivity index (χ1) is 31.7. The van der Waals surface area contributed by atoms with E-state index in [1.54, 1.807) is 0 Å². The van der Waals surface area contributed by atoms with Crippen LogP contribution in [0.1, 0.15) is 28.2 Å². The molecule has 1 aliphatic heterocycles. The van der Waals surface area contributed by atoms with E-state index in [2.05, 4.69) is 235 Å². The highest BCUT2D eigenvalue weighted by Gasteiger charge is 2.58. The molecule has 2 atom stereocenters. The Labute approximate surface area is 373 Å². The second-order valence-electron chi connectivity index (χ2n) is 17.2. The van der Waals surface area contributed by atoms with Crippen LogP contribution in [0.15, 0.2) is 248 Å². The minimum atomic E-state index is -0.365. The lowest BCUT2D eigenvalue weighted by molar-refractivity contribution is 0.276. The number of nitrogens with zero attached hydrogens (tertiary/aromatic N) is 1. The van der Waals surface area contributed by atoms with Crippen molar-refractivity contribution in [3.63, 3.8) is 0 Å². The van der Waals surface area contributed by atoms with Crippen molar-refractivity contribution in [1.82, 2.24) is 0 Å². The minimum Gasteiger partial charge on any atom is -0.450 e. The van der Waals surface area contributed by atoms with E-state index in [1.807, 2.05) is 6.07 Å². The molecule has 0 radical (unpaired) electrons. The molecular formula is C61H41NO2. The first-order valence-electron chi connectivity index (χ1n) is 22.2. The number of hydrogen-bond acceptors (Lipinski definition) is 3. The molecule has 13 rings (SSSR count). The Hall–Kier alpha value is -8.14. The Balaban J connectivity index is 0.995. The van der Waals surface area contributed by atoms with Gasteiger partial charge in [-0.2, -0.15) is 0 Å². The van der Waals surface area contributed by atoms with E-state index in [-0.39, 0.29) is 17.3 Å². The number of hydrogen-bond donors (Lipinski definition) is 0. The number of benzene rings is 9. The van der Waals surface area contributed by atoms with Crippen molar-refractivity contribution < 1.29 is 9.47 Å². The van der Waals surface area contributed by atoms with Crippen LogP contribution in [0.2, 0.25) is 0 Å². The highest BCUT2D eigenvalue weighted by molar-refractivity contribution is 5.90. The maximum Gasteiger partial charge on any atom is 0.194 e. The molecule has 0 fully saturated rings. The van der Waals surface area contributed by atoms with Gasteiger partial charge in [0.1, 0.15) is 0 Å². The lowest BCUT2D eigenvalue weighted by Gasteiger charge is -2.38. The van der Waals surface area contributed by atoms with Crippen molar-refractivity contribution in [2.24, 2.45) is 5.92 Å². The standard InChI is InChI=1S/C61H41NO2/c1-4-18-40(19-5-1)43-24-16-25-46(35-43)62(47-36-44(41-20-6-2-7-21-41)34-45(37-47)42-22-8-3-9-23-42)56-32-17-33-57-60(56)64-58-38-51-50-28-12-15-31-54(50)61(55(51)39-59(58)63-57)52-29-13-10-26-48(52)49-27-11-14-30-53(49)61/h1-39,51,55H/t51?,55-/m1/s1. The fourth-order valence-electron chi connectivity index (χ4n) is 11.1. The summed E-state index contributed by atoms with van der Waals surface area (Å²) in [7, 11) is 0. The van der Waals surface area contributed by atoms with E-state index in [4.69, 9.17) is 9.47 Å². The molecule has 0 amide bonds. The lowest BCUT2D eigenvalue weighted by atomic mass is 9.65. The maximum absolute atomic E-state index is 7.27. The molecule has 4 aliphatic rings. The van der Waals surface area contributed by atoms with E-state index in [1.165, 1.54) is 33.4 Å². The van der Waals surface area contributed by atoms with E-state index in [0.29, 0.717) is 11.5 Å². The molecule has 3 nitrogen and oxygen atoms in total. The summed E-state index contributed by atoms with van der Waals surface area (Å²) in [5, 5.41) is 0. The predicted molar refractivity (Wildman–Crippen MR) is 259 cm³/mol. The molecule has 0 saturated heterocycles. The normalized spacial score (nSPS) is 16.7. The van der Waals surface area contributed by atoms with Crippen LogP contribution < -0.4 is 14.4 Å². The maximum atomic E-state index is 7.27. The number of anilines is 3. The van der Waals surface area contributed by atoms with Crippen LogP contribution in [0.4, 0.5) is 17.1 Å². The van der Waals surface area contributed by atoms with Crippen LogP contribution in [-0.2, 0) is 5.41 Å². The topological polar surface area (TPSA) is 21.7 Å². The average Bonchev–Trinajstić information content (AvgIpc) is 3.83. The van der Waals surface area contributed by atoms with Crippen molar-refractivity contribution in [2.75, 3.05) is 4.90 Å². The van der Waals surface area contributed by atoms with E-state index >= 15 is 0 Å². The molecule has 9 aromatic rings. The van der Waals surface area contributed by atoms with Crippen molar-refractivity contribution in [3.05, 3.63) is 270 Å². The molecule has 1 spiro atoms. The summed E-state index contributed by atoms with van der Waals surface area (Å²) < 4.78 is 14.4. The predicted octanol–water partition coefficient (Wildman–Crippen LogP) is 15.4. The van der Waals surface area contributed by atoms with Crippen molar-refractivity contribution in [1.29, 1.82) is 0 Å². The van der Waals surface area contributed by atoms with Gasteiger partial charge in [-0.15, -0.1) is 0 Å². The largest absolute Gasteiger partial charge is 0.450 e. The van der Waals surface area contributed by atoms with Crippen LogP contribution >= 0.6 is 0 Å². The zero-order valence-electron chi connectivity index (χ0n) is 34.9. The highest BCUT2D eigenvalue weighted by atomic mass is 16.6. The van der Waals surface area contributed by atoms with Gasteiger partial charge in [0, 0.05) is 23.2 Å². The Bertz CT molecular complexity index is 3250. The van der Waals surface area contributed by atoms with Gasteiger partial charge >= 0.3 is 0 Å². The van der Waals surface area contributed by atoms with Crippen molar-refractivity contribution in [3.8, 4) is 56.0 Å². The van der Waals surface area contributed by atoms with Crippen LogP contribution in [0.25, 0.3) is 44.5 Å². The molecule has 1 heterocycles. The van der Waals surface area contributed by atoms with Crippen LogP contribution in [-0.4, -0.2) is 0 Å². The quantitative estimate of drug-likeness (QED) is 0.167. The molecular weight excluding hydrogens is 779 g/mol. The van der Waals surface area contributed by atoms with E-state index < -0.39 is 0 Å². The number of rotatable bonds is 6. The molecule has 3 aliphatic carbocycles. The minimum absolute atomic E-state index is 0.0705. The summed E-state index contributed by atoms with van der Waals surface area (Å²) in [6.45, 7) is 0. The summed E-state index contributed by atoms with van der Waals surface area (Å²) >= 11 is 0. The van der Waals surface area contributed by atoms with Gasteiger partial charge in [0.2, 0.25) is 0 Å². The van der Waals surface area contributed by atoms with Crippen LogP contribution in [0, 0.1) is 5.92 Å². The summed E-state index contributed by atoms with van der Waals surface area (Å²) in [5.74, 6) is 3.02. The fraction of sp³-hybridized carbons (Fsp3) is 0.0492. The third-order valence-electron chi connectivity index (χ3n) is 13.8. The molecule has 9 aromatic carbocycles. The summed E-state index contributed by atoms with van der Waals surface area (Å²) in [4.78, 5) is 2.33. The Morgan fingerprint density at radius 1 is 0.375 bits per heavy atom. The SMILES string of the molecule is C1=C2Oc3cccc(N(c4cccc(-c5ccccc5)c4)c4cc(-c5ccccc5)cc(-c5ccccc5)c4)c3OC2=CC2c3ccccc3C3(c4ccccc4-c4ccccc43)[C@H]12. The second kappa shape index (κ2) is 14.5. The van der Waals surface area contributed by atoms with E-state index in [9.17, 15) is 0 Å². The Morgan fingerprint density at radius 3 is 1.55 bits per heavy atom. The third-order valence-corrected chi connectivity index (χ3v) is 13.8. The number of allylic oxidation sites excluding steroid dienone is 2. The summed E-state index contributed by atoms with van der Waals surface area (Å²) in [5.41, 5.74) is 17.3. The Kier molecular flexibility index (Phi) is 8.26. The van der Waals surface area contributed by atoms with Crippen molar-refractivity contribution in [2.45, 2.75) is 11.3 Å². The van der Waals surface area contributed by atoms with Gasteiger partial charge in [-0.05, 0) is 121 Å². The molecule has 302 valence electrons. The number of para-hydroxylation sites is 1. The Morgan fingerprint density at radius 2 is 0.891 bits per heavy atom. The van der Waals surface area contributed by atoms with Crippen LogP contribution in [0.3, 0.4) is 0 Å². The van der Waals surface area contributed by atoms with Gasteiger partial charge in [-0.25, -0.2) is 0 Å². The average molecular weight is 820 g/mol. The van der Waals surface area contributed by atoms with Gasteiger partial charge < -0.3 is 14.4 Å². The van der Waals surface area contributed by atoms with Gasteiger partial charge in [-0.3, -0.25) is 0 Å². The number of fused-ring (bicyclic) bond motifs is 12. The molecule has 0 aromatic heterocycles. The number of ether oxygens (including phenoxy) is 2. The third kappa shape index (κ3) is 5.54. The zero-order chi connectivity index (χ0) is 42.2. The fourth-order valence-corrected chi connectivity index (χ4v) is 11.1. The molecule has 0 N–H and O–H groups in total. The van der Waals surface area contributed by atoms with Crippen LogP contribution in [0.5, 0.6) is 11.5 Å². The summed E-state index contributed by atoms with van der Waals surface area (Å²) in [6.07, 6.45) is 4.70. The first kappa shape index (κ1) is 36.5. The first-order valence-corrected chi connectivity index (χ1v) is 22.2. The smallest absolute Gasteiger partial charge is 0.194 e. The van der Waals surface area contributed by atoms with Gasteiger partial charge in [0.25, 0.3) is 0 Å². The molecule has 64 heavy (non-hydrogen) atoms. The molecule has 3 heteroatoms. The zero-order valence-corrected chi connectivity index (χ0v) is 34.9.